The van der Waals surface area contributed by atoms with Crippen molar-refractivity contribution in [2.75, 3.05) is 0 Å². The molecule has 3 rings (SSSR count). The Morgan fingerprint density at radius 2 is 1.38 bits per heavy atom. The maximum Gasteiger partial charge on any atom is 0.283 e. The Hall–Kier alpha value is -1.67. The first kappa shape index (κ1) is 22.0. The average Bonchev–Trinajstić information content (AvgIpc) is 2.65. The highest BCUT2D eigenvalue weighted by molar-refractivity contribution is 7.87. The van der Waals surface area contributed by atoms with Gasteiger partial charge in [0, 0.05) is 11.1 Å². The molecular formula is C19H12Cl4O5S. The number of aromatic hydroxyl groups is 2. The van der Waals surface area contributed by atoms with E-state index in [1.165, 1.54) is 42.5 Å². The van der Waals surface area contributed by atoms with Crippen LogP contribution in [0.3, 0.4) is 0 Å². The minimum atomic E-state index is -5.08. The van der Waals surface area contributed by atoms with Crippen LogP contribution in [-0.2, 0) is 14.9 Å². The lowest BCUT2D eigenvalue weighted by Crippen LogP contribution is -2.38. The fourth-order valence-electron chi connectivity index (χ4n) is 3.18. The predicted octanol–water partition coefficient (Wildman–Crippen LogP) is 5.89. The summed E-state index contributed by atoms with van der Waals surface area (Å²) in [7, 11) is -5.08. The van der Waals surface area contributed by atoms with Gasteiger partial charge in [0.2, 0.25) is 0 Å². The molecule has 0 spiro atoms. The van der Waals surface area contributed by atoms with Gasteiger partial charge in [-0.05, 0) is 29.8 Å². The van der Waals surface area contributed by atoms with Crippen molar-refractivity contribution in [1.82, 2.24) is 0 Å². The molecule has 0 saturated carbocycles. The van der Waals surface area contributed by atoms with Gasteiger partial charge in [-0.1, -0.05) is 76.7 Å². The van der Waals surface area contributed by atoms with Gasteiger partial charge in [-0.15, -0.1) is 0 Å². The Morgan fingerprint density at radius 1 is 0.724 bits per heavy atom. The fraction of sp³-hybridized carbons (Fsp3) is 0.0526. The van der Waals surface area contributed by atoms with Gasteiger partial charge < -0.3 is 10.2 Å². The van der Waals surface area contributed by atoms with E-state index < -0.39 is 20.6 Å². The van der Waals surface area contributed by atoms with Crippen molar-refractivity contribution < 1.29 is 23.2 Å². The first-order valence-corrected chi connectivity index (χ1v) is 10.9. The zero-order chi connectivity index (χ0) is 21.6. The Bertz CT molecular complexity index is 1210. The van der Waals surface area contributed by atoms with E-state index in [0.717, 1.165) is 12.1 Å². The lowest BCUT2D eigenvalue weighted by Gasteiger charge is -2.34. The molecule has 0 saturated heterocycles. The van der Waals surface area contributed by atoms with E-state index in [9.17, 15) is 23.2 Å². The van der Waals surface area contributed by atoms with Gasteiger partial charge in [-0.3, -0.25) is 4.55 Å². The third kappa shape index (κ3) is 3.54. The summed E-state index contributed by atoms with van der Waals surface area (Å²) in [6.07, 6.45) is 0. The number of halogens is 4. The van der Waals surface area contributed by atoms with E-state index in [1.54, 1.807) is 0 Å². The number of phenolic OH excluding ortho intramolecular Hbond substituents is 2. The van der Waals surface area contributed by atoms with Gasteiger partial charge in [0.25, 0.3) is 10.1 Å². The molecule has 0 heterocycles. The molecule has 3 aromatic carbocycles. The third-order valence-corrected chi connectivity index (χ3v) is 7.48. The van der Waals surface area contributed by atoms with Crippen molar-refractivity contribution in [2.45, 2.75) is 4.75 Å². The van der Waals surface area contributed by atoms with Crippen molar-refractivity contribution in [3.8, 4) is 11.5 Å². The van der Waals surface area contributed by atoms with Crippen LogP contribution < -0.4 is 0 Å². The Balaban J connectivity index is 2.61. The maximum absolute atomic E-state index is 13.0. The van der Waals surface area contributed by atoms with Crippen LogP contribution in [0.4, 0.5) is 0 Å². The fourth-order valence-corrected chi connectivity index (χ4v) is 5.42. The number of para-hydroxylation sites is 1. The zero-order valence-corrected chi connectivity index (χ0v) is 18.1. The molecule has 1 unspecified atom stereocenters. The Kier molecular flexibility index (Phi) is 5.98. The third-order valence-electron chi connectivity index (χ3n) is 4.44. The molecule has 29 heavy (non-hydrogen) atoms. The summed E-state index contributed by atoms with van der Waals surface area (Å²) in [5.74, 6) is -0.742. The average molecular weight is 494 g/mol. The molecule has 0 aliphatic rings. The van der Waals surface area contributed by atoms with Gasteiger partial charge in [0.15, 0.2) is 4.75 Å². The summed E-state index contributed by atoms with van der Waals surface area (Å²) in [6.45, 7) is 0. The van der Waals surface area contributed by atoms with Crippen molar-refractivity contribution >= 4 is 56.5 Å². The monoisotopic (exact) mass is 492 g/mol. The van der Waals surface area contributed by atoms with Crippen LogP contribution in [0, 0.1) is 0 Å². The molecule has 0 amide bonds. The highest BCUT2D eigenvalue weighted by Gasteiger charge is 2.51. The molecule has 0 aliphatic carbocycles. The van der Waals surface area contributed by atoms with Crippen LogP contribution in [0.25, 0.3) is 0 Å². The van der Waals surface area contributed by atoms with Crippen LogP contribution >= 0.6 is 46.4 Å². The minimum absolute atomic E-state index is 0.0608. The predicted molar refractivity (Wildman–Crippen MR) is 114 cm³/mol. The molecule has 0 bridgehead atoms. The zero-order valence-electron chi connectivity index (χ0n) is 14.3. The lowest BCUT2D eigenvalue weighted by atomic mass is 9.83. The first-order valence-electron chi connectivity index (χ1n) is 7.90. The standard InChI is InChI=1S/C19H12Cl4O5S/c20-13-7-6-12(17(22)18(13)23)19(29(26,27)28,11-3-1-2-4-15(11)24)10-5-8-16(25)14(21)9-10/h1-9,24-25H,(H,26,27,28). The van der Waals surface area contributed by atoms with Crippen molar-refractivity contribution in [2.24, 2.45) is 0 Å². The molecular weight excluding hydrogens is 482 g/mol. The van der Waals surface area contributed by atoms with Crippen LogP contribution in [0.15, 0.2) is 54.6 Å². The molecule has 3 aromatic rings. The quantitative estimate of drug-likeness (QED) is 0.239. The van der Waals surface area contributed by atoms with E-state index in [-0.39, 0.29) is 42.5 Å². The Morgan fingerprint density at radius 3 is 1.97 bits per heavy atom. The van der Waals surface area contributed by atoms with Crippen molar-refractivity contribution in [3.05, 3.63) is 91.4 Å². The van der Waals surface area contributed by atoms with Gasteiger partial charge in [-0.2, -0.15) is 8.42 Å². The molecule has 5 nitrogen and oxygen atoms in total. The molecule has 0 radical (unpaired) electrons. The van der Waals surface area contributed by atoms with E-state index >= 15 is 0 Å². The molecule has 152 valence electrons. The summed E-state index contributed by atoms with van der Waals surface area (Å²) in [5, 5.41) is 19.8. The smallest absolute Gasteiger partial charge is 0.283 e. The highest BCUT2D eigenvalue weighted by Crippen LogP contribution is 2.51. The lowest BCUT2D eigenvalue weighted by molar-refractivity contribution is 0.440. The van der Waals surface area contributed by atoms with Crippen molar-refractivity contribution in [1.29, 1.82) is 0 Å². The van der Waals surface area contributed by atoms with Crippen LogP contribution in [0.1, 0.15) is 16.7 Å². The van der Waals surface area contributed by atoms with E-state index in [4.69, 9.17) is 46.4 Å². The van der Waals surface area contributed by atoms with Gasteiger partial charge in [0.1, 0.15) is 11.5 Å². The van der Waals surface area contributed by atoms with Gasteiger partial charge in [-0.25, -0.2) is 0 Å². The van der Waals surface area contributed by atoms with Crippen LogP contribution in [0.2, 0.25) is 20.1 Å². The van der Waals surface area contributed by atoms with Gasteiger partial charge >= 0.3 is 0 Å². The van der Waals surface area contributed by atoms with E-state index in [0.29, 0.717) is 0 Å². The number of benzene rings is 3. The largest absolute Gasteiger partial charge is 0.508 e. The van der Waals surface area contributed by atoms with E-state index in [1.807, 2.05) is 0 Å². The van der Waals surface area contributed by atoms with Crippen LogP contribution in [-0.4, -0.2) is 23.2 Å². The Labute approximate surface area is 186 Å². The second-order valence-electron chi connectivity index (χ2n) is 6.06. The number of hydrogen-bond acceptors (Lipinski definition) is 4. The number of phenols is 2. The van der Waals surface area contributed by atoms with E-state index in [2.05, 4.69) is 0 Å². The first-order chi connectivity index (χ1) is 13.5. The molecule has 0 aromatic heterocycles. The summed E-state index contributed by atoms with van der Waals surface area (Å²) < 4.78 is 34.0. The SMILES string of the molecule is O=S(=O)(O)C(c1ccc(O)c(Cl)c1)(c1ccccc1O)c1ccc(Cl)c(Cl)c1Cl. The molecule has 10 heteroatoms. The maximum atomic E-state index is 13.0. The molecule has 0 fully saturated rings. The second kappa shape index (κ2) is 7.87. The van der Waals surface area contributed by atoms with Crippen LogP contribution in [0.5, 0.6) is 11.5 Å². The molecule has 1 atom stereocenters. The number of hydrogen-bond donors (Lipinski definition) is 3. The molecule has 3 N–H and O–H groups in total. The topological polar surface area (TPSA) is 94.8 Å². The normalized spacial score (nSPS) is 13.8. The van der Waals surface area contributed by atoms with Gasteiger partial charge in [0.05, 0.1) is 20.1 Å². The summed E-state index contributed by atoms with van der Waals surface area (Å²) in [6, 6.07) is 11.6. The second-order valence-corrected chi connectivity index (χ2v) is 9.20. The summed E-state index contributed by atoms with van der Waals surface area (Å²) >= 11 is 24.5. The van der Waals surface area contributed by atoms with Crippen molar-refractivity contribution in [3.63, 3.8) is 0 Å². The summed E-state index contributed by atoms with van der Waals surface area (Å²) in [5.41, 5.74) is -0.464. The number of rotatable bonds is 4. The molecule has 0 aliphatic heterocycles. The highest BCUT2D eigenvalue weighted by atomic mass is 35.5. The summed E-state index contributed by atoms with van der Waals surface area (Å²) in [4.78, 5) is 0. The minimum Gasteiger partial charge on any atom is -0.508 e.